The van der Waals surface area contributed by atoms with E-state index in [0.29, 0.717) is 5.19 Å². The Hall–Kier alpha value is 0.673. The summed E-state index contributed by atoms with van der Waals surface area (Å²) in [5.41, 5.74) is 0. The molecular formula is C6H5KO2Si. The summed E-state index contributed by atoms with van der Waals surface area (Å²) in [7, 11) is -2.71. The minimum absolute atomic E-state index is 0. The second kappa shape index (κ2) is 5.34. The number of hydrogen-bond acceptors (Lipinski definition) is 2. The Morgan fingerprint density at radius 3 is 2.00 bits per heavy atom. The zero-order valence-corrected chi connectivity index (χ0v) is 9.83. The average molecular weight is 176 g/mol. The van der Waals surface area contributed by atoms with E-state index in [2.05, 4.69) is 0 Å². The van der Waals surface area contributed by atoms with Gasteiger partial charge in [0.1, 0.15) is 0 Å². The van der Waals surface area contributed by atoms with Gasteiger partial charge in [0.2, 0.25) is 0 Å². The maximum absolute atomic E-state index is 10.3. The Labute approximate surface area is 103 Å². The van der Waals surface area contributed by atoms with Crippen LogP contribution in [-0.4, -0.2) is 8.93 Å². The van der Waals surface area contributed by atoms with Crippen LogP contribution in [0.1, 0.15) is 0 Å². The molecular weight excluding hydrogens is 171 g/mol. The van der Waals surface area contributed by atoms with Crippen LogP contribution in [0.25, 0.3) is 0 Å². The minimum atomic E-state index is -2.71. The predicted octanol–water partition coefficient (Wildman–Crippen LogP) is -3.82. The average Bonchev–Trinajstić information content (AvgIpc) is 1.90. The number of rotatable bonds is 1. The Balaban J connectivity index is 0.000000810. The molecule has 0 amide bonds. The summed E-state index contributed by atoms with van der Waals surface area (Å²) in [5.74, 6) is 0. The van der Waals surface area contributed by atoms with Gasteiger partial charge in [-0.1, -0.05) is 30.3 Å². The van der Waals surface area contributed by atoms with Gasteiger partial charge < -0.3 is 9.26 Å². The summed E-state index contributed by atoms with van der Waals surface area (Å²) < 4.78 is 10.3. The van der Waals surface area contributed by atoms with Gasteiger partial charge in [-0.2, -0.15) is 0 Å². The zero-order valence-electron chi connectivity index (χ0n) is 5.70. The van der Waals surface area contributed by atoms with Crippen LogP contribution in [0.2, 0.25) is 0 Å². The van der Waals surface area contributed by atoms with Crippen LogP contribution < -0.4 is 61.4 Å². The van der Waals surface area contributed by atoms with E-state index in [-0.39, 0.29) is 51.4 Å². The van der Waals surface area contributed by atoms with Gasteiger partial charge in [0, 0.05) is 0 Å². The largest absolute Gasteiger partial charge is 1.00 e. The summed E-state index contributed by atoms with van der Waals surface area (Å²) >= 11 is 0. The molecule has 46 valence electrons. The van der Waals surface area contributed by atoms with Crippen LogP contribution in [0, 0.1) is 0 Å². The van der Waals surface area contributed by atoms with Crippen molar-refractivity contribution in [2.75, 3.05) is 0 Å². The van der Waals surface area contributed by atoms with Crippen LogP contribution in [0.3, 0.4) is 0 Å². The maximum Gasteiger partial charge on any atom is 1.00 e. The smallest absolute Gasteiger partial charge is 0.582 e. The second-order valence-corrected chi connectivity index (χ2v) is 2.81. The monoisotopic (exact) mass is 176 g/mol. The van der Waals surface area contributed by atoms with Crippen molar-refractivity contribution in [1.29, 1.82) is 0 Å². The van der Waals surface area contributed by atoms with Gasteiger partial charge >= 0.3 is 51.4 Å². The normalized spacial score (nSPS) is 8.00. The molecule has 0 saturated carbocycles. The molecule has 0 saturated heterocycles. The van der Waals surface area contributed by atoms with Gasteiger partial charge in [-0.15, -0.1) is 0 Å². The third kappa shape index (κ3) is 3.18. The molecule has 2 nitrogen and oxygen atoms in total. The molecule has 0 heterocycles. The van der Waals surface area contributed by atoms with Crippen molar-refractivity contribution < 1.29 is 60.6 Å². The van der Waals surface area contributed by atoms with Gasteiger partial charge in [-0.05, 0) is 5.19 Å². The van der Waals surface area contributed by atoms with E-state index in [4.69, 9.17) is 0 Å². The molecule has 0 radical (unpaired) electrons. The van der Waals surface area contributed by atoms with E-state index in [1.807, 2.05) is 0 Å². The molecule has 0 spiro atoms. The van der Waals surface area contributed by atoms with Crippen LogP contribution in [0.4, 0.5) is 0 Å². The molecule has 1 rings (SSSR count). The van der Waals surface area contributed by atoms with Gasteiger partial charge in [0.25, 0.3) is 0 Å². The Morgan fingerprint density at radius 1 is 1.20 bits per heavy atom. The van der Waals surface area contributed by atoms with Crippen molar-refractivity contribution in [3.8, 4) is 0 Å². The van der Waals surface area contributed by atoms with Gasteiger partial charge in [0.05, 0.1) is 0 Å². The first-order chi connectivity index (χ1) is 4.30. The molecule has 4 heteroatoms. The summed E-state index contributed by atoms with van der Waals surface area (Å²) in [5, 5.41) is 0.405. The molecule has 0 aliphatic rings. The second-order valence-electron chi connectivity index (χ2n) is 1.65. The van der Waals surface area contributed by atoms with E-state index < -0.39 is 8.93 Å². The molecule has 0 atom stereocenters. The van der Waals surface area contributed by atoms with E-state index in [1.54, 1.807) is 30.3 Å². The minimum Gasteiger partial charge on any atom is -0.582 e. The van der Waals surface area contributed by atoms with Crippen LogP contribution in [0.5, 0.6) is 0 Å². The molecule has 0 aliphatic carbocycles. The SMILES string of the molecule is O=[Si]([O-])c1ccccc1.[K+]. The Bertz CT molecular complexity index is 212. The fourth-order valence-electron chi connectivity index (χ4n) is 0.574. The molecule has 0 fully saturated rings. The van der Waals surface area contributed by atoms with Crippen molar-refractivity contribution in [2.24, 2.45) is 0 Å². The van der Waals surface area contributed by atoms with Gasteiger partial charge in [-0.25, -0.2) is 0 Å². The third-order valence-electron chi connectivity index (χ3n) is 1.01. The summed E-state index contributed by atoms with van der Waals surface area (Å²) in [6.07, 6.45) is 0. The Morgan fingerprint density at radius 2 is 1.70 bits per heavy atom. The molecule has 0 N–H and O–H groups in total. The quantitative estimate of drug-likeness (QED) is 0.411. The van der Waals surface area contributed by atoms with E-state index in [0.717, 1.165) is 0 Å². The van der Waals surface area contributed by atoms with E-state index in [9.17, 15) is 9.26 Å². The van der Waals surface area contributed by atoms with Crippen molar-refractivity contribution in [3.63, 3.8) is 0 Å². The zero-order chi connectivity index (χ0) is 6.69. The van der Waals surface area contributed by atoms with Crippen LogP contribution in [-0.2, 0) is 4.46 Å². The summed E-state index contributed by atoms with van der Waals surface area (Å²) in [4.78, 5) is 10.3. The van der Waals surface area contributed by atoms with Crippen molar-refractivity contribution in [1.82, 2.24) is 0 Å². The molecule has 0 unspecified atom stereocenters. The van der Waals surface area contributed by atoms with Crippen molar-refractivity contribution in [2.45, 2.75) is 0 Å². The fraction of sp³-hybridized carbons (Fsp3) is 0. The van der Waals surface area contributed by atoms with Crippen LogP contribution in [0.15, 0.2) is 30.3 Å². The van der Waals surface area contributed by atoms with Gasteiger partial charge in [-0.3, -0.25) is 0 Å². The van der Waals surface area contributed by atoms with E-state index in [1.165, 1.54) is 0 Å². The first kappa shape index (κ1) is 10.7. The predicted molar refractivity (Wildman–Crippen MR) is 32.5 cm³/mol. The van der Waals surface area contributed by atoms with Crippen molar-refractivity contribution in [3.05, 3.63) is 30.3 Å². The standard InChI is InChI=1S/C6H5O2Si.K/c7-9(8)6-4-2-1-3-5-6;/h1-5H;/q-1;+1. The topological polar surface area (TPSA) is 40.1 Å². The fourth-order valence-corrected chi connectivity index (χ4v) is 1.04. The third-order valence-corrected chi connectivity index (χ3v) is 1.81. The molecule has 1 aromatic carbocycles. The number of benzene rings is 1. The first-order valence-corrected chi connectivity index (χ1v) is 3.89. The Kier molecular flexibility index (Phi) is 5.70. The maximum atomic E-state index is 10.3. The van der Waals surface area contributed by atoms with Crippen molar-refractivity contribution >= 4 is 14.1 Å². The van der Waals surface area contributed by atoms with E-state index >= 15 is 0 Å². The molecule has 10 heavy (non-hydrogen) atoms. The first-order valence-electron chi connectivity index (χ1n) is 2.57. The van der Waals surface area contributed by atoms with Crippen LogP contribution >= 0.6 is 0 Å². The summed E-state index contributed by atoms with van der Waals surface area (Å²) in [6.45, 7) is 0. The number of hydrogen-bond donors (Lipinski definition) is 0. The molecule has 0 aromatic heterocycles. The summed E-state index contributed by atoms with van der Waals surface area (Å²) in [6, 6.07) is 8.35. The molecule has 1 aromatic rings. The molecule has 0 aliphatic heterocycles. The van der Waals surface area contributed by atoms with Gasteiger partial charge in [0.15, 0.2) is 8.93 Å². The molecule has 0 bridgehead atoms.